The standard InChI is InChI=1S/C11H18N2O/c1-7-3-2-4-13(7)11(14)10-8-5-12-6-9(8)10/h7-10,12H,2-6H2,1H3/t7-,8-,9+,10?/m0/s1. The Balaban J connectivity index is 1.66. The number of fused-ring (bicyclic) bond motifs is 1. The van der Waals surface area contributed by atoms with Gasteiger partial charge >= 0.3 is 0 Å². The van der Waals surface area contributed by atoms with Crippen molar-refractivity contribution in [3.63, 3.8) is 0 Å². The molecule has 3 rings (SSSR count). The van der Waals surface area contributed by atoms with E-state index in [1.54, 1.807) is 0 Å². The first-order valence-corrected chi connectivity index (χ1v) is 5.80. The largest absolute Gasteiger partial charge is 0.340 e. The highest BCUT2D eigenvalue weighted by atomic mass is 16.2. The smallest absolute Gasteiger partial charge is 0.226 e. The van der Waals surface area contributed by atoms with Crippen molar-refractivity contribution in [1.29, 1.82) is 0 Å². The highest BCUT2D eigenvalue weighted by molar-refractivity contribution is 5.83. The molecule has 3 aliphatic rings. The van der Waals surface area contributed by atoms with E-state index >= 15 is 0 Å². The van der Waals surface area contributed by atoms with Crippen LogP contribution in [0.2, 0.25) is 0 Å². The number of nitrogens with one attached hydrogen (secondary N) is 1. The normalized spacial score (nSPS) is 45.4. The van der Waals surface area contributed by atoms with Gasteiger partial charge in [-0.15, -0.1) is 0 Å². The van der Waals surface area contributed by atoms with Gasteiger partial charge in [-0.05, 0) is 44.7 Å². The van der Waals surface area contributed by atoms with Crippen LogP contribution in [0.4, 0.5) is 0 Å². The summed E-state index contributed by atoms with van der Waals surface area (Å²) in [5, 5.41) is 3.34. The first kappa shape index (κ1) is 8.72. The number of nitrogens with zero attached hydrogens (tertiary/aromatic N) is 1. The van der Waals surface area contributed by atoms with Crippen LogP contribution in [-0.2, 0) is 4.79 Å². The monoisotopic (exact) mass is 194 g/mol. The van der Waals surface area contributed by atoms with Crippen LogP contribution in [0.3, 0.4) is 0 Å². The summed E-state index contributed by atoms with van der Waals surface area (Å²) < 4.78 is 0. The van der Waals surface area contributed by atoms with Crippen LogP contribution in [0, 0.1) is 17.8 Å². The molecule has 1 saturated carbocycles. The molecule has 4 atom stereocenters. The van der Waals surface area contributed by atoms with E-state index in [1.165, 1.54) is 12.8 Å². The third kappa shape index (κ3) is 1.11. The summed E-state index contributed by atoms with van der Waals surface area (Å²) in [6, 6.07) is 0.497. The Morgan fingerprint density at radius 1 is 1.36 bits per heavy atom. The summed E-state index contributed by atoms with van der Waals surface area (Å²) in [4.78, 5) is 14.2. The highest BCUT2D eigenvalue weighted by Gasteiger charge is 2.58. The molecule has 1 N–H and O–H groups in total. The molecule has 0 bridgehead atoms. The Kier molecular flexibility index (Phi) is 1.84. The second-order valence-corrected chi connectivity index (χ2v) is 5.03. The fourth-order valence-corrected chi connectivity index (χ4v) is 3.24. The van der Waals surface area contributed by atoms with Gasteiger partial charge in [0, 0.05) is 18.5 Å². The zero-order chi connectivity index (χ0) is 9.71. The third-order valence-electron chi connectivity index (χ3n) is 4.21. The summed E-state index contributed by atoms with van der Waals surface area (Å²) in [5.74, 6) is 2.19. The third-order valence-corrected chi connectivity index (χ3v) is 4.21. The molecule has 2 aliphatic heterocycles. The minimum Gasteiger partial charge on any atom is -0.340 e. The van der Waals surface area contributed by atoms with Crippen molar-refractivity contribution in [1.82, 2.24) is 10.2 Å². The average Bonchev–Trinajstić information content (AvgIpc) is 2.57. The number of hydrogen-bond donors (Lipinski definition) is 1. The molecule has 0 aromatic heterocycles. The van der Waals surface area contributed by atoms with Gasteiger partial charge < -0.3 is 10.2 Å². The summed E-state index contributed by atoms with van der Waals surface area (Å²) in [7, 11) is 0. The second-order valence-electron chi connectivity index (χ2n) is 5.03. The predicted octanol–water partition coefficient (Wildman–Crippen LogP) is 0.463. The maximum Gasteiger partial charge on any atom is 0.226 e. The van der Waals surface area contributed by atoms with Gasteiger partial charge in [0.05, 0.1) is 0 Å². The van der Waals surface area contributed by atoms with Crippen molar-refractivity contribution in [3.8, 4) is 0 Å². The molecule has 2 saturated heterocycles. The Morgan fingerprint density at radius 3 is 2.64 bits per heavy atom. The molecule has 0 spiro atoms. The first-order chi connectivity index (χ1) is 6.79. The molecule has 1 aliphatic carbocycles. The van der Waals surface area contributed by atoms with Gasteiger partial charge in [0.25, 0.3) is 0 Å². The van der Waals surface area contributed by atoms with Crippen molar-refractivity contribution in [2.24, 2.45) is 17.8 Å². The van der Waals surface area contributed by atoms with Gasteiger partial charge in [-0.25, -0.2) is 0 Å². The molecule has 0 aromatic carbocycles. The van der Waals surface area contributed by atoms with Gasteiger partial charge in [-0.1, -0.05) is 0 Å². The van der Waals surface area contributed by atoms with Gasteiger partial charge in [0.2, 0.25) is 5.91 Å². The molecule has 1 unspecified atom stereocenters. The van der Waals surface area contributed by atoms with Crippen molar-refractivity contribution in [2.45, 2.75) is 25.8 Å². The van der Waals surface area contributed by atoms with E-state index < -0.39 is 0 Å². The average molecular weight is 194 g/mol. The zero-order valence-electron chi connectivity index (χ0n) is 8.70. The lowest BCUT2D eigenvalue weighted by molar-refractivity contribution is -0.133. The number of piperidine rings is 1. The Morgan fingerprint density at radius 2 is 2.07 bits per heavy atom. The van der Waals surface area contributed by atoms with Crippen molar-refractivity contribution >= 4 is 5.91 Å². The SMILES string of the molecule is C[C@H]1CCCN1C(=O)C1[C@H]2CNC[C@@H]12. The van der Waals surface area contributed by atoms with Gasteiger partial charge in [0.1, 0.15) is 0 Å². The van der Waals surface area contributed by atoms with Gasteiger partial charge in [0.15, 0.2) is 0 Å². The van der Waals surface area contributed by atoms with E-state index in [1.807, 2.05) is 0 Å². The molecular weight excluding hydrogens is 176 g/mol. The van der Waals surface area contributed by atoms with Crippen molar-refractivity contribution in [2.75, 3.05) is 19.6 Å². The Labute approximate surface area is 84.8 Å². The van der Waals surface area contributed by atoms with E-state index in [4.69, 9.17) is 0 Å². The van der Waals surface area contributed by atoms with E-state index in [9.17, 15) is 4.79 Å². The van der Waals surface area contributed by atoms with E-state index in [0.29, 0.717) is 29.7 Å². The summed E-state index contributed by atoms with van der Waals surface area (Å²) >= 11 is 0. The second kappa shape index (κ2) is 2.96. The van der Waals surface area contributed by atoms with Gasteiger partial charge in [-0.2, -0.15) is 0 Å². The zero-order valence-corrected chi connectivity index (χ0v) is 8.70. The maximum absolute atomic E-state index is 12.1. The van der Waals surface area contributed by atoms with Crippen LogP contribution in [0.5, 0.6) is 0 Å². The van der Waals surface area contributed by atoms with Gasteiger partial charge in [-0.3, -0.25) is 4.79 Å². The predicted molar refractivity (Wildman–Crippen MR) is 53.7 cm³/mol. The summed E-state index contributed by atoms with van der Waals surface area (Å²) in [6.45, 7) is 5.33. The Bertz CT molecular complexity index is 256. The molecule has 0 radical (unpaired) electrons. The molecule has 3 fully saturated rings. The number of carbonyl (C=O) groups is 1. The fraction of sp³-hybridized carbons (Fsp3) is 0.909. The number of rotatable bonds is 1. The number of hydrogen-bond acceptors (Lipinski definition) is 2. The Hall–Kier alpha value is -0.570. The number of carbonyl (C=O) groups excluding carboxylic acids is 1. The van der Waals surface area contributed by atoms with Crippen LogP contribution < -0.4 is 5.32 Å². The number of likely N-dealkylation sites (tertiary alicyclic amines) is 1. The minimum atomic E-state index is 0.386. The van der Waals surface area contributed by atoms with Crippen LogP contribution >= 0.6 is 0 Å². The lowest BCUT2D eigenvalue weighted by Gasteiger charge is -2.22. The van der Waals surface area contributed by atoms with E-state index in [-0.39, 0.29) is 0 Å². The molecule has 0 aromatic rings. The lowest BCUT2D eigenvalue weighted by Crippen LogP contribution is -2.37. The number of amides is 1. The molecule has 14 heavy (non-hydrogen) atoms. The molecule has 3 nitrogen and oxygen atoms in total. The summed E-state index contributed by atoms with van der Waals surface area (Å²) in [6.07, 6.45) is 2.40. The first-order valence-electron chi connectivity index (χ1n) is 5.80. The van der Waals surface area contributed by atoms with E-state index in [0.717, 1.165) is 19.6 Å². The van der Waals surface area contributed by atoms with Crippen LogP contribution in [0.25, 0.3) is 0 Å². The molecular formula is C11H18N2O. The molecule has 1 amide bonds. The molecule has 2 heterocycles. The summed E-state index contributed by atoms with van der Waals surface area (Å²) in [5.41, 5.74) is 0. The molecule has 3 heteroatoms. The highest BCUT2D eigenvalue weighted by Crippen LogP contribution is 2.50. The van der Waals surface area contributed by atoms with Crippen LogP contribution in [0.15, 0.2) is 0 Å². The topological polar surface area (TPSA) is 32.3 Å². The minimum absolute atomic E-state index is 0.386. The van der Waals surface area contributed by atoms with Crippen molar-refractivity contribution < 1.29 is 4.79 Å². The maximum atomic E-state index is 12.1. The van der Waals surface area contributed by atoms with E-state index in [2.05, 4.69) is 17.1 Å². The van der Waals surface area contributed by atoms with Crippen LogP contribution in [0.1, 0.15) is 19.8 Å². The lowest BCUT2D eigenvalue weighted by atomic mass is 10.2. The van der Waals surface area contributed by atoms with Crippen molar-refractivity contribution in [3.05, 3.63) is 0 Å². The fourth-order valence-electron chi connectivity index (χ4n) is 3.24. The molecule has 78 valence electrons. The van der Waals surface area contributed by atoms with Crippen LogP contribution in [-0.4, -0.2) is 36.5 Å². The quantitative estimate of drug-likeness (QED) is 0.658.